The van der Waals surface area contributed by atoms with E-state index >= 15 is 0 Å². The molecule has 21 heavy (non-hydrogen) atoms. The van der Waals surface area contributed by atoms with Gasteiger partial charge in [-0.15, -0.1) is 0 Å². The predicted octanol–water partition coefficient (Wildman–Crippen LogP) is 3.99. The second-order valence-corrected chi connectivity index (χ2v) is 7.28. The number of rotatable bonds is 3. The van der Waals surface area contributed by atoms with Crippen molar-refractivity contribution in [1.82, 2.24) is 0 Å². The number of sulfonamides is 1. The third kappa shape index (κ3) is 3.61. The number of nitrogens with two attached hydrogens (primary N) is 1. The van der Waals surface area contributed by atoms with Crippen LogP contribution < -0.4 is 10.5 Å². The third-order valence-corrected chi connectivity index (χ3v) is 4.91. The maximum absolute atomic E-state index is 12.4. The van der Waals surface area contributed by atoms with Crippen molar-refractivity contribution in [2.24, 2.45) is 0 Å². The topological polar surface area (TPSA) is 72.2 Å². The molecule has 0 atom stereocenters. The van der Waals surface area contributed by atoms with Crippen LogP contribution in [-0.2, 0) is 10.0 Å². The Bertz CT molecular complexity index is 785. The number of aryl methyl sites for hydroxylation is 2. The largest absolute Gasteiger partial charge is 0.397 e. The smallest absolute Gasteiger partial charge is 0.261 e. The maximum Gasteiger partial charge on any atom is 0.261 e. The minimum absolute atomic E-state index is 0.172. The molecule has 0 spiro atoms. The third-order valence-electron chi connectivity index (χ3n) is 2.84. The lowest BCUT2D eigenvalue weighted by molar-refractivity contribution is 0.601. The normalized spacial score (nSPS) is 11.4. The van der Waals surface area contributed by atoms with Crippen LogP contribution in [0, 0.1) is 13.8 Å². The molecule has 0 heterocycles. The highest BCUT2D eigenvalue weighted by Crippen LogP contribution is 2.32. The van der Waals surface area contributed by atoms with Crippen LogP contribution in [0.25, 0.3) is 0 Å². The fraction of sp³-hybridized carbons (Fsp3) is 0.143. The van der Waals surface area contributed by atoms with E-state index in [9.17, 15) is 8.42 Å². The van der Waals surface area contributed by atoms with Crippen molar-refractivity contribution < 1.29 is 8.42 Å². The monoisotopic (exact) mass is 344 g/mol. The van der Waals surface area contributed by atoms with E-state index in [1.54, 1.807) is 12.1 Å². The van der Waals surface area contributed by atoms with E-state index < -0.39 is 10.0 Å². The Labute approximate surface area is 133 Å². The minimum atomic E-state index is -3.74. The summed E-state index contributed by atoms with van der Waals surface area (Å²) in [6, 6.07) is 7.86. The molecular formula is C14H14Cl2N2O2S. The zero-order valence-corrected chi connectivity index (χ0v) is 13.8. The van der Waals surface area contributed by atoms with Crippen LogP contribution in [0.5, 0.6) is 0 Å². The molecule has 2 aromatic rings. The quantitative estimate of drug-likeness (QED) is 0.826. The standard InChI is InChI=1S/C14H14Cl2N2O2S/c1-8-3-9(2)5-10(4-8)21(19,20)18-14-7-12(16)11(15)6-13(14)17/h3-7,18H,17H2,1-2H3. The molecule has 0 radical (unpaired) electrons. The van der Waals surface area contributed by atoms with Crippen LogP contribution in [0.3, 0.4) is 0 Å². The lowest BCUT2D eigenvalue weighted by Gasteiger charge is -2.12. The first-order chi connectivity index (χ1) is 9.69. The van der Waals surface area contributed by atoms with Gasteiger partial charge in [-0.2, -0.15) is 0 Å². The number of hydrogen-bond donors (Lipinski definition) is 2. The Balaban J connectivity index is 2.44. The fourth-order valence-electron chi connectivity index (χ4n) is 1.94. The molecule has 112 valence electrons. The van der Waals surface area contributed by atoms with E-state index in [0.29, 0.717) is 0 Å². The molecule has 0 amide bonds. The summed E-state index contributed by atoms with van der Waals surface area (Å²) in [4.78, 5) is 0.172. The summed E-state index contributed by atoms with van der Waals surface area (Å²) in [5.41, 5.74) is 7.89. The number of halogens is 2. The molecule has 0 bridgehead atoms. The van der Waals surface area contributed by atoms with Crippen molar-refractivity contribution in [3.63, 3.8) is 0 Å². The predicted molar refractivity (Wildman–Crippen MR) is 87.6 cm³/mol. The van der Waals surface area contributed by atoms with Crippen LogP contribution in [0.15, 0.2) is 35.2 Å². The van der Waals surface area contributed by atoms with E-state index in [0.717, 1.165) is 11.1 Å². The van der Waals surface area contributed by atoms with Crippen molar-refractivity contribution in [3.8, 4) is 0 Å². The molecule has 0 saturated carbocycles. The van der Waals surface area contributed by atoms with Crippen LogP contribution in [-0.4, -0.2) is 8.42 Å². The summed E-state index contributed by atoms with van der Waals surface area (Å²) in [6.45, 7) is 3.67. The van der Waals surface area contributed by atoms with E-state index in [1.807, 2.05) is 19.9 Å². The van der Waals surface area contributed by atoms with Gasteiger partial charge in [0.2, 0.25) is 0 Å². The van der Waals surface area contributed by atoms with E-state index in [1.165, 1.54) is 12.1 Å². The zero-order chi connectivity index (χ0) is 15.8. The van der Waals surface area contributed by atoms with Gasteiger partial charge in [-0.3, -0.25) is 4.72 Å². The summed E-state index contributed by atoms with van der Waals surface area (Å²) in [5, 5.41) is 0.493. The highest BCUT2D eigenvalue weighted by atomic mass is 35.5. The molecule has 0 fully saturated rings. The van der Waals surface area contributed by atoms with Crippen molar-refractivity contribution in [2.45, 2.75) is 18.7 Å². The first-order valence-electron chi connectivity index (χ1n) is 6.04. The van der Waals surface area contributed by atoms with E-state index in [2.05, 4.69) is 4.72 Å². The number of benzene rings is 2. The highest BCUT2D eigenvalue weighted by molar-refractivity contribution is 7.92. The molecular weight excluding hydrogens is 331 g/mol. The van der Waals surface area contributed by atoms with Crippen molar-refractivity contribution in [3.05, 3.63) is 51.5 Å². The highest BCUT2D eigenvalue weighted by Gasteiger charge is 2.17. The first kappa shape index (κ1) is 15.9. The molecule has 0 aliphatic carbocycles. The average Bonchev–Trinajstić information content (AvgIpc) is 2.34. The van der Waals surface area contributed by atoms with Gasteiger partial charge in [0.15, 0.2) is 0 Å². The summed E-state index contributed by atoms with van der Waals surface area (Å²) in [6.07, 6.45) is 0. The molecule has 2 aromatic carbocycles. The molecule has 2 rings (SSSR count). The Kier molecular flexibility index (Phi) is 4.37. The first-order valence-corrected chi connectivity index (χ1v) is 8.28. The van der Waals surface area contributed by atoms with Gasteiger partial charge < -0.3 is 5.73 Å². The second-order valence-electron chi connectivity index (χ2n) is 4.78. The number of nitrogen functional groups attached to an aromatic ring is 1. The number of anilines is 2. The van der Waals surface area contributed by atoms with Gasteiger partial charge in [0.05, 0.1) is 26.3 Å². The van der Waals surface area contributed by atoms with Crippen molar-refractivity contribution >= 4 is 44.6 Å². The summed E-state index contributed by atoms with van der Waals surface area (Å²) >= 11 is 11.7. The molecule has 0 aliphatic rings. The summed E-state index contributed by atoms with van der Waals surface area (Å²) < 4.78 is 27.3. The Morgan fingerprint density at radius 3 is 2.05 bits per heavy atom. The van der Waals surface area contributed by atoms with Gasteiger partial charge >= 0.3 is 0 Å². The van der Waals surface area contributed by atoms with Gasteiger partial charge in [0.25, 0.3) is 10.0 Å². The zero-order valence-electron chi connectivity index (χ0n) is 11.4. The van der Waals surface area contributed by atoms with Crippen molar-refractivity contribution in [1.29, 1.82) is 0 Å². The van der Waals surface area contributed by atoms with E-state index in [-0.39, 0.29) is 26.3 Å². The minimum Gasteiger partial charge on any atom is -0.397 e. The SMILES string of the molecule is Cc1cc(C)cc(S(=O)(=O)Nc2cc(Cl)c(Cl)cc2N)c1. The molecule has 0 unspecified atom stereocenters. The molecule has 4 nitrogen and oxygen atoms in total. The number of hydrogen-bond acceptors (Lipinski definition) is 3. The molecule has 7 heteroatoms. The van der Waals surface area contributed by atoms with Gasteiger partial charge in [-0.25, -0.2) is 8.42 Å². The Morgan fingerprint density at radius 2 is 1.48 bits per heavy atom. The summed E-state index contributed by atoms with van der Waals surface area (Å²) in [7, 11) is -3.74. The Hall–Kier alpha value is -1.43. The van der Waals surface area contributed by atoms with Gasteiger partial charge in [0.1, 0.15) is 0 Å². The van der Waals surface area contributed by atoms with Crippen LogP contribution >= 0.6 is 23.2 Å². The van der Waals surface area contributed by atoms with Gasteiger partial charge in [-0.1, -0.05) is 29.3 Å². The second kappa shape index (κ2) is 5.75. The summed E-state index contributed by atoms with van der Waals surface area (Å²) in [5.74, 6) is 0. The molecule has 0 saturated heterocycles. The Morgan fingerprint density at radius 1 is 0.952 bits per heavy atom. The number of nitrogens with one attached hydrogen (secondary N) is 1. The molecule has 3 N–H and O–H groups in total. The van der Waals surface area contributed by atoms with Crippen LogP contribution in [0.2, 0.25) is 10.0 Å². The van der Waals surface area contributed by atoms with Crippen LogP contribution in [0.4, 0.5) is 11.4 Å². The lowest BCUT2D eigenvalue weighted by atomic mass is 10.2. The maximum atomic E-state index is 12.4. The van der Waals surface area contributed by atoms with Gasteiger partial charge in [-0.05, 0) is 49.2 Å². The lowest BCUT2D eigenvalue weighted by Crippen LogP contribution is -2.14. The van der Waals surface area contributed by atoms with Crippen LogP contribution in [0.1, 0.15) is 11.1 Å². The van der Waals surface area contributed by atoms with E-state index in [4.69, 9.17) is 28.9 Å². The van der Waals surface area contributed by atoms with Crippen molar-refractivity contribution in [2.75, 3.05) is 10.5 Å². The molecule has 0 aromatic heterocycles. The average molecular weight is 345 g/mol. The van der Waals surface area contributed by atoms with Gasteiger partial charge in [0, 0.05) is 0 Å². The fourth-order valence-corrected chi connectivity index (χ4v) is 3.54. The molecule has 0 aliphatic heterocycles.